The zero-order valence-electron chi connectivity index (χ0n) is 13.3. The average Bonchev–Trinajstić information content (AvgIpc) is 2.47. The predicted molar refractivity (Wildman–Crippen MR) is 82.1 cm³/mol. The highest BCUT2D eigenvalue weighted by Crippen LogP contribution is 2.23. The zero-order chi connectivity index (χ0) is 15.8. The zero-order valence-corrected chi connectivity index (χ0v) is 13.3. The molecule has 0 saturated heterocycles. The predicted octanol–water partition coefficient (Wildman–Crippen LogP) is 3.32. The number of rotatable bonds is 9. The van der Waals surface area contributed by atoms with Gasteiger partial charge in [-0.2, -0.15) is 0 Å². The number of nitrogens with zero attached hydrogens (tertiary/aromatic N) is 1. The van der Waals surface area contributed by atoms with Gasteiger partial charge in [0.15, 0.2) is 0 Å². The van der Waals surface area contributed by atoms with E-state index in [1.54, 1.807) is 19.1 Å². The number of hydrogen-bond acceptors (Lipinski definition) is 3. The summed E-state index contributed by atoms with van der Waals surface area (Å²) in [6.45, 7) is 4.69. The van der Waals surface area contributed by atoms with Crippen LogP contribution < -0.4 is 10.1 Å². The van der Waals surface area contributed by atoms with Gasteiger partial charge in [0.2, 0.25) is 0 Å². The van der Waals surface area contributed by atoms with Crippen LogP contribution >= 0.6 is 0 Å². The Morgan fingerprint density at radius 1 is 1.24 bits per heavy atom. The first kappa shape index (κ1) is 17.9. The summed E-state index contributed by atoms with van der Waals surface area (Å²) >= 11 is 0. The van der Waals surface area contributed by atoms with Crippen molar-refractivity contribution in [1.82, 2.24) is 10.2 Å². The van der Waals surface area contributed by atoms with E-state index in [1.807, 2.05) is 31.2 Å². The molecule has 0 aliphatic carbocycles. The SMILES string of the molecule is CCCNC(c1ccc(OC)cc1)C(C)N(C)CC(F)F. The smallest absolute Gasteiger partial charge is 0.251 e. The topological polar surface area (TPSA) is 24.5 Å². The molecule has 2 atom stereocenters. The molecule has 1 rings (SSSR count). The fourth-order valence-electron chi connectivity index (χ4n) is 2.32. The summed E-state index contributed by atoms with van der Waals surface area (Å²) in [4.78, 5) is 1.70. The molecule has 5 heteroatoms. The van der Waals surface area contributed by atoms with Crippen molar-refractivity contribution in [2.75, 3.05) is 27.2 Å². The number of methoxy groups -OCH3 is 1. The summed E-state index contributed by atoms with van der Waals surface area (Å²) in [5.41, 5.74) is 1.08. The van der Waals surface area contributed by atoms with Crippen molar-refractivity contribution in [2.45, 2.75) is 38.8 Å². The first-order valence-corrected chi connectivity index (χ1v) is 7.35. The van der Waals surface area contributed by atoms with Crippen LogP contribution in [-0.4, -0.2) is 44.6 Å². The van der Waals surface area contributed by atoms with Crippen LogP contribution in [0.4, 0.5) is 8.78 Å². The van der Waals surface area contributed by atoms with Gasteiger partial charge in [-0.05, 0) is 44.6 Å². The molecule has 0 spiro atoms. The summed E-state index contributed by atoms with van der Waals surface area (Å²) in [5, 5.41) is 3.45. The Morgan fingerprint density at radius 3 is 2.33 bits per heavy atom. The summed E-state index contributed by atoms with van der Waals surface area (Å²) in [6, 6.07) is 7.75. The highest BCUT2D eigenvalue weighted by atomic mass is 19.3. The van der Waals surface area contributed by atoms with E-state index in [0.717, 1.165) is 24.3 Å². The third kappa shape index (κ3) is 5.59. The van der Waals surface area contributed by atoms with Gasteiger partial charge in [0.05, 0.1) is 13.7 Å². The van der Waals surface area contributed by atoms with E-state index in [-0.39, 0.29) is 18.6 Å². The van der Waals surface area contributed by atoms with Crippen LogP contribution in [0.2, 0.25) is 0 Å². The lowest BCUT2D eigenvalue weighted by molar-refractivity contribution is 0.0747. The molecule has 1 N–H and O–H groups in total. The van der Waals surface area contributed by atoms with E-state index in [4.69, 9.17) is 4.74 Å². The van der Waals surface area contributed by atoms with Crippen molar-refractivity contribution in [3.63, 3.8) is 0 Å². The van der Waals surface area contributed by atoms with E-state index < -0.39 is 6.43 Å². The Kier molecular flexibility index (Phi) is 7.61. The van der Waals surface area contributed by atoms with E-state index in [1.165, 1.54) is 0 Å². The summed E-state index contributed by atoms with van der Waals surface area (Å²) in [5.74, 6) is 0.793. The van der Waals surface area contributed by atoms with Crippen LogP contribution in [0.5, 0.6) is 5.75 Å². The number of nitrogens with one attached hydrogen (secondary N) is 1. The summed E-state index contributed by atoms with van der Waals surface area (Å²) in [7, 11) is 3.36. The number of ether oxygens (including phenoxy) is 1. The van der Waals surface area contributed by atoms with Gasteiger partial charge in [-0.25, -0.2) is 8.78 Å². The molecule has 0 aliphatic heterocycles. The van der Waals surface area contributed by atoms with Gasteiger partial charge >= 0.3 is 0 Å². The highest BCUT2D eigenvalue weighted by molar-refractivity contribution is 5.29. The molecule has 21 heavy (non-hydrogen) atoms. The first-order valence-electron chi connectivity index (χ1n) is 7.35. The Hall–Kier alpha value is -1.20. The maximum atomic E-state index is 12.6. The Balaban J connectivity index is 2.86. The van der Waals surface area contributed by atoms with Crippen LogP contribution in [0.3, 0.4) is 0 Å². The van der Waals surface area contributed by atoms with Gasteiger partial charge in [0.1, 0.15) is 5.75 Å². The van der Waals surface area contributed by atoms with E-state index in [9.17, 15) is 8.78 Å². The van der Waals surface area contributed by atoms with Crippen LogP contribution in [0.1, 0.15) is 31.9 Å². The molecule has 0 radical (unpaired) electrons. The number of alkyl halides is 2. The molecule has 1 aromatic rings. The fraction of sp³-hybridized carbons (Fsp3) is 0.625. The van der Waals surface area contributed by atoms with Gasteiger partial charge in [-0.1, -0.05) is 19.1 Å². The van der Waals surface area contributed by atoms with Gasteiger partial charge in [0.25, 0.3) is 6.43 Å². The molecule has 120 valence electrons. The molecule has 0 bridgehead atoms. The normalized spacial score (nSPS) is 14.5. The molecular weight excluding hydrogens is 274 g/mol. The second kappa shape index (κ2) is 8.95. The van der Waals surface area contributed by atoms with Gasteiger partial charge in [-0.3, -0.25) is 4.90 Å². The van der Waals surface area contributed by atoms with E-state index in [2.05, 4.69) is 12.2 Å². The van der Waals surface area contributed by atoms with Crippen LogP contribution in [0.15, 0.2) is 24.3 Å². The minimum atomic E-state index is -2.32. The van der Waals surface area contributed by atoms with Gasteiger partial charge in [-0.15, -0.1) is 0 Å². The first-order chi connectivity index (χ1) is 9.99. The van der Waals surface area contributed by atoms with Gasteiger partial charge < -0.3 is 10.1 Å². The Morgan fingerprint density at radius 2 is 1.86 bits per heavy atom. The largest absolute Gasteiger partial charge is 0.497 e. The minimum absolute atomic E-state index is 0.0135. The van der Waals surface area contributed by atoms with Crippen molar-refractivity contribution in [3.05, 3.63) is 29.8 Å². The second-order valence-corrected chi connectivity index (χ2v) is 5.28. The summed E-state index contributed by atoms with van der Waals surface area (Å²) < 4.78 is 30.3. The van der Waals surface area contributed by atoms with E-state index >= 15 is 0 Å². The molecule has 3 nitrogen and oxygen atoms in total. The Bertz CT molecular complexity index is 398. The number of benzene rings is 1. The molecule has 1 aromatic carbocycles. The van der Waals surface area contributed by atoms with Crippen molar-refractivity contribution < 1.29 is 13.5 Å². The molecule has 0 saturated carbocycles. The van der Waals surface area contributed by atoms with Crippen LogP contribution in [0.25, 0.3) is 0 Å². The molecule has 0 aromatic heterocycles. The molecule has 0 fully saturated rings. The quantitative estimate of drug-likeness (QED) is 0.757. The van der Waals surface area contributed by atoms with Gasteiger partial charge in [0, 0.05) is 12.1 Å². The average molecular weight is 300 g/mol. The number of halogens is 2. The lowest BCUT2D eigenvalue weighted by atomic mass is 9.99. The third-order valence-corrected chi connectivity index (χ3v) is 3.69. The lowest BCUT2D eigenvalue weighted by Gasteiger charge is -2.33. The maximum absolute atomic E-state index is 12.6. The molecule has 2 unspecified atom stereocenters. The summed E-state index contributed by atoms with van der Waals surface area (Å²) in [6.07, 6.45) is -1.32. The monoisotopic (exact) mass is 300 g/mol. The number of hydrogen-bond donors (Lipinski definition) is 1. The van der Waals surface area contributed by atoms with Crippen LogP contribution in [-0.2, 0) is 0 Å². The minimum Gasteiger partial charge on any atom is -0.497 e. The Labute approximate surface area is 126 Å². The molecule has 0 amide bonds. The second-order valence-electron chi connectivity index (χ2n) is 5.28. The number of likely N-dealkylation sites (N-methyl/N-ethyl adjacent to an activating group) is 1. The maximum Gasteiger partial charge on any atom is 0.251 e. The molecule has 0 heterocycles. The van der Waals surface area contributed by atoms with Crippen molar-refractivity contribution in [1.29, 1.82) is 0 Å². The van der Waals surface area contributed by atoms with Crippen molar-refractivity contribution in [3.8, 4) is 5.75 Å². The lowest BCUT2D eigenvalue weighted by Crippen LogP contribution is -2.43. The van der Waals surface area contributed by atoms with Crippen molar-refractivity contribution in [2.24, 2.45) is 0 Å². The standard InChI is InChI=1S/C16H26F2N2O/c1-5-10-19-16(12(2)20(3)11-15(17)18)13-6-8-14(21-4)9-7-13/h6-9,12,15-16,19H,5,10-11H2,1-4H3. The highest BCUT2D eigenvalue weighted by Gasteiger charge is 2.24. The third-order valence-electron chi connectivity index (χ3n) is 3.69. The van der Waals surface area contributed by atoms with Crippen molar-refractivity contribution >= 4 is 0 Å². The molecular formula is C16H26F2N2O. The van der Waals surface area contributed by atoms with Crippen LogP contribution in [0, 0.1) is 0 Å². The molecule has 0 aliphatic rings. The fourth-order valence-corrected chi connectivity index (χ4v) is 2.32. The van der Waals surface area contributed by atoms with E-state index in [0.29, 0.717) is 0 Å².